The second-order valence-electron chi connectivity index (χ2n) is 7.24. The molecule has 1 atom stereocenters. The van der Waals surface area contributed by atoms with Crippen LogP contribution in [0.4, 0.5) is 0 Å². The molecule has 0 spiro atoms. The Morgan fingerprint density at radius 1 is 1.06 bits per heavy atom. The van der Waals surface area contributed by atoms with Gasteiger partial charge in [-0.3, -0.25) is 0 Å². The Labute approximate surface area is 178 Å². The summed E-state index contributed by atoms with van der Waals surface area (Å²) in [6.45, 7) is 2.99. The van der Waals surface area contributed by atoms with E-state index >= 15 is 0 Å². The first-order valence-electron chi connectivity index (χ1n) is 9.84. The maximum atomic E-state index is 6.09. The zero-order valence-corrected chi connectivity index (χ0v) is 17.4. The Bertz CT molecular complexity index is 1220. The van der Waals surface area contributed by atoms with Crippen molar-refractivity contribution in [2.75, 3.05) is 14.2 Å². The van der Waals surface area contributed by atoms with Crippen LogP contribution in [0.15, 0.2) is 47.0 Å². The van der Waals surface area contributed by atoms with Crippen molar-refractivity contribution in [3.8, 4) is 34.5 Å². The van der Waals surface area contributed by atoms with Crippen LogP contribution in [-0.4, -0.2) is 39.4 Å². The van der Waals surface area contributed by atoms with E-state index in [0.29, 0.717) is 47.6 Å². The van der Waals surface area contributed by atoms with Crippen LogP contribution in [-0.2, 0) is 17.9 Å². The molecule has 3 heterocycles. The maximum Gasteiger partial charge on any atom is 0.262 e. The molecule has 0 saturated carbocycles. The molecule has 0 radical (unpaired) electrons. The minimum absolute atomic E-state index is 0.0791. The monoisotopic (exact) mass is 419 g/mol. The number of aryl methyl sites for hydroxylation is 1. The van der Waals surface area contributed by atoms with Crippen molar-refractivity contribution < 1.29 is 18.7 Å². The van der Waals surface area contributed by atoms with E-state index in [1.807, 2.05) is 16.8 Å². The highest BCUT2D eigenvalue weighted by Gasteiger charge is 2.28. The fourth-order valence-corrected chi connectivity index (χ4v) is 3.65. The highest BCUT2D eigenvalue weighted by molar-refractivity contribution is 5.69. The molecule has 9 heteroatoms. The highest BCUT2D eigenvalue weighted by atomic mass is 16.5. The SMILES string of the molecule is COc1cccc(-c2nc(-c3nnn4c3CO[C@H](c3ccc(C)cc3)C4)no2)c1OC. The van der Waals surface area contributed by atoms with Crippen LogP contribution < -0.4 is 9.47 Å². The first-order valence-corrected chi connectivity index (χ1v) is 9.84. The van der Waals surface area contributed by atoms with Crippen LogP contribution >= 0.6 is 0 Å². The van der Waals surface area contributed by atoms with Gasteiger partial charge in [-0.1, -0.05) is 46.3 Å². The molecule has 5 rings (SSSR count). The summed E-state index contributed by atoms with van der Waals surface area (Å²) in [5, 5.41) is 12.7. The Morgan fingerprint density at radius 3 is 2.68 bits per heavy atom. The number of methoxy groups -OCH3 is 2. The van der Waals surface area contributed by atoms with Gasteiger partial charge in [0, 0.05) is 0 Å². The smallest absolute Gasteiger partial charge is 0.262 e. The van der Waals surface area contributed by atoms with E-state index < -0.39 is 0 Å². The van der Waals surface area contributed by atoms with Crippen molar-refractivity contribution >= 4 is 0 Å². The average Bonchev–Trinajstić information content (AvgIpc) is 3.45. The molecule has 0 fully saturated rings. The van der Waals surface area contributed by atoms with E-state index in [1.54, 1.807) is 20.3 Å². The summed E-state index contributed by atoms with van der Waals surface area (Å²) in [4.78, 5) is 4.52. The first kappa shape index (κ1) is 19.3. The second-order valence-corrected chi connectivity index (χ2v) is 7.24. The van der Waals surface area contributed by atoms with E-state index in [1.165, 1.54) is 5.56 Å². The van der Waals surface area contributed by atoms with Crippen molar-refractivity contribution in [3.63, 3.8) is 0 Å². The second kappa shape index (κ2) is 7.84. The van der Waals surface area contributed by atoms with Crippen LogP contribution in [0, 0.1) is 6.92 Å². The van der Waals surface area contributed by atoms with Crippen molar-refractivity contribution in [2.24, 2.45) is 0 Å². The lowest BCUT2D eigenvalue weighted by Crippen LogP contribution is -2.22. The molecular formula is C22H21N5O4. The van der Waals surface area contributed by atoms with Crippen molar-refractivity contribution in [3.05, 3.63) is 59.3 Å². The lowest BCUT2D eigenvalue weighted by molar-refractivity contribution is -0.00112. The topological polar surface area (TPSA) is 97.3 Å². The van der Waals surface area contributed by atoms with Crippen LogP contribution in [0.1, 0.15) is 22.9 Å². The number of nitrogens with zero attached hydrogens (tertiary/aromatic N) is 5. The normalized spacial score (nSPS) is 15.5. The molecule has 0 saturated heterocycles. The summed E-state index contributed by atoms with van der Waals surface area (Å²) < 4.78 is 24.2. The summed E-state index contributed by atoms with van der Waals surface area (Å²) in [7, 11) is 3.14. The summed E-state index contributed by atoms with van der Waals surface area (Å²) in [6.07, 6.45) is -0.0791. The first-order chi connectivity index (χ1) is 15.2. The maximum absolute atomic E-state index is 6.09. The summed E-state index contributed by atoms with van der Waals surface area (Å²) in [5.41, 5.74) is 4.31. The number of fused-ring (bicyclic) bond motifs is 1. The molecule has 0 amide bonds. The van der Waals surface area contributed by atoms with Gasteiger partial charge in [0.1, 0.15) is 6.10 Å². The zero-order valence-electron chi connectivity index (χ0n) is 17.4. The predicted octanol–water partition coefficient (Wildman–Crippen LogP) is 3.59. The minimum atomic E-state index is -0.0791. The number of hydrogen-bond donors (Lipinski definition) is 0. The van der Waals surface area contributed by atoms with Gasteiger partial charge in [-0.25, -0.2) is 4.68 Å². The lowest BCUT2D eigenvalue weighted by Gasteiger charge is -2.24. The van der Waals surface area contributed by atoms with Crippen molar-refractivity contribution in [1.29, 1.82) is 0 Å². The van der Waals surface area contributed by atoms with Crippen LogP contribution in [0.3, 0.4) is 0 Å². The van der Waals surface area contributed by atoms with Crippen LogP contribution in [0.5, 0.6) is 11.5 Å². The van der Waals surface area contributed by atoms with Crippen molar-refractivity contribution in [2.45, 2.75) is 26.2 Å². The molecule has 4 aromatic rings. The molecule has 2 aromatic carbocycles. The van der Waals surface area contributed by atoms with E-state index in [4.69, 9.17) is 18.7 Å². The fourth-order valence-electron chi connectivity index (χ4n) is 3.65. The molecule has 1 aliphatic rings. The molecule has 0 bridgehead atoms. The molecule has 9 nitrogen and oxygen atoms in total. The molecule has 158 valence electrons. The van der Waals surface area contributed by atoms with Gasteiger partial charge in [-0.05, 0) is 24.6 Å². The van der Waals surface area contributed by atoms with Gasteiger partial charge in [0.2, 0.25) is 5.82 Å². The number of ether oxygens (including phenoxy) is 3. The third-order valence-corrected chi connectivity index (χ3v) is 5.32. The molecule has 0 unspecified atom stereocenters. The summed E-state index contributed by atoms with van der Waals surface area (Å²) in [6, 6.07) is 13.8. The quantitative estimate of drug-likeness (QED) is 0.484. The zero-order chi connectivity index (χ0) is 21.4. The molecule has 31 heavy (non-hydrogen) atoms. The van der Waals surface area contributed by atoms with Crippen molar-refractivity contribution in [1.82, 2.24) is 25.1 Å². The lowest BCUT2D eigenvalue weighted by atomic mass is 10.1. The standard InChI is InChI=1S/C22H21N5O4/c1-13-7-9-14(10-8-13)18-11-27-16(12-30-18)19(24-26-27)21-23-22(31-25-21)15-5-4-6-17(28-2)20(15)29-3/h4-10,18H,11-12H2,1-3H3/t18-/m0/s1. The van der Waals surface area contributed by atoms with Gasteiger partial charge in [0.15, 0.2) is 17.2 Å². The molecule has 2 aromatic heterocycles. The molecular weight excluding hydrogens is 398 g/mol. The third kappa shape index (κ3) is 3.42. The van der Waals surface area contributed by atoms with Gasteiger partial charge in [0.25, 0.3) is 5.89 Å². The van der Waals surface area contributed by atoms with Gasteiger partial charge < -0.3 is 18.7 Å². The van der Waals surface area contributed by atoms with E-state index in [2.05, 4.69) is 51.6 Å². The third-order valence-electron chi connectivity index (χ3n) is 5.32. The predicted molar refractivity (Wildman–Crippen MR) is 111 cm³/mol. The number of aromatic nitrogens is 5. The summed E-state index contributed by atoms with van der Waals surface area (Å²) >= 11 is 0. The largest absolute Gasteiger partial charge is 0.493 e. The minimum Gasteiger partial charge on any atom is -0.493 e. The Hall–Kier alpha value is -3.72. The fraction of sp³-hybridized carbons (Fsp3) is 0.273. The Kier molecular flexibility index (Phi) is 4.87. The number of para-hydroxylation sites is 1. The number of hydrogen-bond acceptors (Lipinski definition) is 8. The van der Waals surface area contributed by atoms with E-state index in [-0.39, 0.29) is 6.10 Å². The number of rotatable bonds is 5. The molecule has 0 aliphatic carbocycles. The van der Waals surface area contributed by atoms with Gasteiger partial charge in [-0.2, -0.15) is 4.98 Å². The van der Waals surface area contributed by atoms with Gasteiger partial charge in [-0.15, -0.1) is 5.10 Å². The molecule has 0 N–H and O–H groups in total. The summed E-state index contributed by atoms with van der Waals surface area (Å²) in [5.74, 6) is 1.76. The van der Waals surface area contributed by atoms with Gasteiger partial charge >= 0.3 is 0 Å². The molecule has 1 aliphatic heterocycles. The van der Waals surface area contributed by atoms with Gasteiger partial charge in [0.05, 0.1) is 38.6 Å². The van der Waals surface area contributed by atoms with Crippen LogP contribution in [0.25, 0.3) is 23.0 Å². The Morgan fingerprint density at radius 2 is 1.90 bits per heavy atom. The average molecular weight is 419 g/mol. The Balaban J connectivity index is 1.43. The van der Waals surface area contributed by atoms with Crippen LogP contribution in [0.2, 0.25) is 0 Å². The van der Waals surface area contributed by atoms with E-state index in [9.17, 15) is 0 Å². The highest BCUT2D eigenvalue weighted by Crippen LogP contribution is 2.38. The van der Waals surface area contributed by atoms with E-state index in [0.717, 1.165) is 11.3 Å². The number of benzene rings is 2.